The normalized spacial score (nSPS) is 11.8. The molecule has 3 heterocycles. The summed E-state index contributed by atoms with van der Waals surface area (Å²) in [6.45, 7) is 2.56. The number of pyridine rings is 2. The molecule has 214 valence electrons. The van der Waals surface area contributed by atoms with Crippen molar-refractivity contribution in [3.05, 3.63) is 90.8 Å². The molecule has 0 bridgehead atoms. The highest BCUT2D eigenvalue weighted by Crippen LogP contribution is 2.40. The molecule has 0 aliphatic rings. The fraction of sp³-hybridized carbons (Fsp3) is 0.250. The van der Waals surface area contributed by atoms with Crippen LogP contribution in [0.1, 0.15) is 22.8 Å². The molecule has 11 nitrogen and oxygen atoms in total. The number of methoxy groups -OCH3 is 1. The fourth-order valence-corrected chi connectivity index (χ4v) is 4.73. The molecule has 3 aromatic heterocycles. The Balaban J connectivity index is 1.67. The highest BCUT2D eigenvalue weighted by Gasteiger charge is 2.20. The van der Waals surface area contributed by atoms with E-state index in [0.717, 1.165) is 14.7 Å². The number of aliphatic hydroxyl groups excluding tert-OH is 1. The van der Waals surface area contributed by atoms with E-state index in [1.165, 1.54) is 27.4 Å². The summed E-state index contributed by atoms with van der Waals surface area (Å²) < 4.78 is 7.47. The van der Waals surface area contributed by atoms with E-state index in [4.69, 9.17) is 27.9 Å². The van der Waals surface area contributed by atoms with Gasteiger partial charge in [-0.25, -0.2) is 9.78 Å². The molecule has 4 rings (SSSR count). The lowest BCUT2D eigenvalue weighted by Gasteiger charge is -2.15. The number of halogens is 2. The first-order valence-electron chi connectivity index (χ1n) is 12.5. The van der Waals surface area contributed by atoms with Crippen LogP contribution in [0.3, 0.4) is 0 Å². The molecule has 0 fully saturated rings. The number of nitrogens with zero attached hydrogens (tertiary/aromatic N) is 4. The third kappa shape index (κ3) is 6.33. The quantitative estimate of drug-likeness (QED) is 0.267. The number of aromatic nitrogens is 4. The van der Waals surface area contributed by atoms with Crippen LogP contribution in [0.4, 0.5) is 5.69 Å². The average Bonchev–Trinajstić information content (AvgIpc) is 2.95. The molecular formula is C28H28Cl2N6O5. The second kappa shape index (κ2) is 12.6. The number of hydrogen-bond donors (Lipinski definition) is 3. The summed E-state index contributed by atoms with van der Waals surface area (Å²) in [5, 5.41) is 15.7. The first-order chi connectivity index (χ1) is 19.5. The molecule has 4 aromatic rings. The number of aryl methyl sites for hydroxylation is 1. The number of aliphatic hydroxyl groups is 1. The van der Waals surface area contributed by atoms with Gasteiger partial charge >= 0.3 is 5.69 Å². The van der Waals surface area contributed by atoms with Crippen LogP contribution < -0.4 is 26.6 Å². The van der Waals surface area contributed by atoms with Crippen molar-refractivity contribution in [2.45, 2.75) is 19.6 Å². The smallest absolute Gasteiger partial charge is 0.330 e. The lowest BCUT2D eigenvalue weighted by atomic mass is 10.0. The number of carbonyl (C=O) groups excluding carboxylic acids is 1. The zero-order valence-corrected chi connectivity index (χ0v) is 24.2. The predicted molar refractivity (Wildman–Crippen MR) is 158 cm³/mol. The number of rotatable bonds is 9. The second-order valence-corrected chi connectivity index (χ2v) is 10.0. The summed E-state index contributed by atoms with van der Waals surface area (Å²) in [6.07, 6.45) is 2.26. The van der Waals surface area contributed by atoms with Crippen molar-refractivity contribution < 1.29 is 14.6 Å². The maximum Gasteiger partial charge on any atom is 0.330 e. The highest BCUT2D eigenvalue weighted by molar-refractivity contribution is 6.39. The summed E-state index contributed by atoms with van der Waals surface area (Å²) >= 11 is 13.5. The van der Waals surface area contributed by atoms with Crippen LogP contribution in [0.5, 0.6) is 5.88 Å². The summed E-state index contributed by atoms with van der Waals surface area (Å²) in [4.78, 5) is 46.5. The first kappa shape index (κ1) is 29.9. The van der Waals surface area contributed by atoms with Gasteiger partial charge in [-0.3, -0.25) is 19.1 Å². The molecule has 3 N–H and O–H groups in total. The van der Waals surface area contributed by atoms with Gasteiger partial charge in [-0.2, -0.15) is 0 Å². The van der Waals surface area contributed by atoms with Crippen molar-refractivity contribution in [1.82, 2.24) is 24.4 Å². The van der Waals surface area contributed by atoms with Crippen LogP contribution in [0, 0.1) is 0 Å². The van der Waals surface area contributed by atoms with E-state index in [1.807, 2.05) is 6.07 Å². The molecule has 41 heavy (non-hydrogen) atoms. The van der Waals surface area contributed by atoms with Gasteiger partial charge in [0.2, 0.25) is 5.88 Å². The summed E-state index contributed by atoms with van der Waals surface area (Å²) in [6, 6.07) is 10.3. The van der Waals surface area contributed by atoms with Crippen LogP contribution >= 0.6 is 23.2 Å². The third-order valence-corrected chi connectivity index (χ3v) is 7.04. The Bertz CT molecular complexity index is 1730. The fourth-order valence-electron chi connectivity index (χ4n) is 4.15. The van der Waals surface area contributed by atoms with Crippen LogP contribution in [-0.2, 0) is 20.6 Å². The van der Waals surface area contributed by atoms with E-state index in [9.17, 15) is 19.5 Å². The van der Waals surface area contributed by atoms with Crippen LogP contribution in [0.25, 0.3) is 22.5 Å². The Kier molecular flexibility index (Phi) is 9.24. The van der Waals surface area contributed by atoms with Gasteiger partial charge in [0.15, 0.2) is 0 Å². The summed E-state index contributed by atoms with van der Waals surface area (Å²) in [5.41, 5.74) is 1.46. The van der Waals surface area contributed by atoms with E-state index in [2.05, 4.69) is 20.6 Å². The van der Waals surface area contributed by atoms with Crippen molar-refractivity contribution in [2.75, 3.05) is 19.0 Å². The van der Waals surface area contributed by atoms with E-state index >= 15 is 0 Å². The lowest BCUT2D eigenvalue weighted by Crippen LogP contribution is -2.40. The van der Waals surface area contributed by atoms with E-state index in [1.54, 1.807) is 43.5 Å². The monoisotopic (exact) mass is 598 g/mol. The van der Waals surface area contributed by atoms with Gasteiger partial charge in [0, 0.05) is 56.3 Å². The molecule has 0 radical (unpaired) electrons. The van der Waals surface area contributed by atoms with Crippen molar-refractivity contribution in [2.24, 2.45) is 14.1 Å². The molecule has 1 atom stereocenters. The standard InChI is InChI=1S/C28H28Cl2N6O5/c1-15(37)12-31-13-16-8-9-21(34-26(16)41-4)24-23(30)18(10-11-32-24)17-6-5-7-20(22(17)29)33-25(38)19-14-35(2)28(40)36(3)27(19)39/h5-11,14-15,31,37H,12-13H2,1-4H3,(H,33,38)/t15-/m0/s1. The second-order valence-electron chi connectivity index (χ2n) is 9.29. The Labute approximate surface area is 245 Å². The van der Waals surface area contributed by atoms with Gasteiger partial charge in [-0.1, -0.05) is 41.4 Å². The van der Waals surface area contributed by atoms with Crippen LogP contribution in [0.15, 0.2) is 58.4 Å². The first-order valence-corrected chi connectivity index (χ1v) is 13.2. The molecule has 0 saturated carbocycles. The number of anilines is 1. The van der Waals surface area contributed by atoms with Gasteiger partial charge in [0.05, 0.1) is 34.6 Å². The number of carbonyl (C=O) groups is 1. The third-order valence-electron chi connectivity index (χ3n) is 6.25. The molecule has 1 amide bonds. The minimum atomic E-state index is -0.729. The van der Waals surface area contributed by atoms with Gasteiger partial charge in [-0.15, -0.1) is 0 Å². The molecule has 0 aliphatic heterocycles. The SMILES string of the molecule is COc1nc(-c2nccc(-c3cccc(NC(=O)c4cn(C)c(=O)n(C)c4=O)c3Cl)c2Cl)ccc1CNC[C@H](C)O. The van der Waals surface area contributed by atoms with Crippen molar-refractivity contribution in [1.29, 1.82) is 0 Å². The molecule has 0 unspecified atom stereocenters. The van der Waals surface area contributed by atoms with Crippen molar-refractivity contribution in [3.63, 3.8) is 0 Å². The maximum absolute atomic E-state index is 13.0. The predicted octanol–water partition coefficient (Wildman–Crippen LogP) is 3.25. The Morgan fingerprint density at radius 2 is 1.83 bits per heavy atom. The highest BCUT2D eigenvalue weighted by atomic mass is 35.5. The molecule has 1 aromatic carbocycles. The Morgan fingerprint density at radius 3 is 2.54 bits per heavy atom. The number of nitrogens with one attached hydrogen (secondary N) is 2. The number of ether oxygens (including phenoxy) is 1. The Morgan fingerprint density at radius 1 is 1.10 bits per heavy atom. The topological polar surface area (TPSA) is 140 Å². The van der Waals surface area contributed by atoms with Crippen molar-refractivity contribution in [3.8, 4) is 28.4 Å². The summed E-state index contributed by atoms with van der Waals surface area (Å²) in [5.74, 6) is -0.336. The number of hydrogen-bond acceptors (Lipinski definition) is 8. The van der Waals surface area contributed by atoms with Gasteiger partial charge in [-0.05, 0) is 25.1 Å². The largest absolute Gasteiger partial charge is 0.481 e. The maximum atomic E-state index is 13.0. The van der Waals surface area contributed by atoms with Crippen LogP contribution in [0.2, 0.25) is 10.0 Å². The van der Waals surface area contributed by atoms with E-state index in [-0.39, 0.29) is 21.3 Å². The zero-order valence-electron chi connectivity index (χ0n) is 22.7. The lowest BCUT2D eigenvalue weighted by molar-refractivity contribution is 0.102. The van der Waals surface area contributed by atoms with E-state index in [0.29, 0.717) is 41.5 Å². The molecule has 0 saturated heterocycles. The molecule has 13 heteroatoms. The zero-order chi connectivity index (χ0) is 29.8. The molecular weight excluding hydrogens is 571 g/mol. The Hall–Kier alpha value is -4.03. The van der Waals surface area contributed by atoms with Gasteiger partial charge in [0.25, 0.3) is 11.5 Å². The van der Waals surface area contributed by atoms with Crippen LogP contribution in [-0.4, -0.2) is 49.9 Å². The molecule has 0 aliphatic carbocycles. The minimum Gasteiger partial charge on any atom is -0.481 e. The number of benzene rings is 1. The minimum absolute atomic E-state index is 0.187. The van der Waals surface area contributed by atoms with E-state index < -0.39 is 23.3 Å². The summed E-state index contributed by atoms with van der Waals surface area (Å²) in [7, 11) is 4.26. The van der Waals surface area contributed by atoms with Crippen molar-refractivity contribution >= 4 is 34.8 Å². The molecule has 0 spiro atoms. The van der Waals surface area contributed by atoms with Gasteiger partial charge < -0.3 is 25.0 Å². The average molecular weight is 599 g/mol. The van der Waals surface area contributed by atoms with Gasteiger partial charge in [0.1, 0.15) is 11.3 Å². The number of amides is 1.